The lowest BCUT2D eigenvalue weighted by molar-refractivity contribution is 0.0111. The molecule has 1 amide bonds. The molecular weight excluding hydrogens is 300 g/mol. The first-order chi connectivity index (χ1) is 9.60. The van der Waals surface area contributed by atoms with Crippen molar-refractivity contribution < 1.29 is 19.7 Å². The van der Waals surface area contributed by atoms with Gasteiger partial charge < -0.3 is 26.0 Å². The average molecular weight is 319 g/mol. The Kier molecular flexibility index (Phi) is 5.70. The maximum atomic E-state index is 11.4. The fourth-order valence-electron chi connectivity index (χ4n) is 1.40. The van der Waals surface area contributed by atoms with E-state index in [1.165, 1.54) is 6.20 Å². The van der Waals surface area contributed by atoms with E-state index in [0.717, 1.165) is 0 Å². The molecule has 2 atom stereocenters. The maximum Gasteiger partial charge on any atom is 0.407 e. The van der Waals surface area contributed by atoms with E-state index in [0.29, 0.717) is 0 Å². The van der Waals surface area contributed by atoms with Crippen LogP contribution in [0.25, 0.3) is 0 Å². The number of carbonyl (C=O) groups excluding carboxylic acids is 1. The molecule has 0 radical (unpaired) electrons. The van der Waals surface area contributed by atoms with Gasteiger partial charge in [-0.15, -0.1) is 0 Å². The maximum absolute atomic E-state index is 11.4. The highest BCUT2D eigenvalue weighted by atomic mass is 35.5. The van der Waals surface area contributed by atoms with E-state index in [1.54, 1.807) is 20.8 Å². The predicted octanol–water partition coefficient (Wildman–Crippen LogP) is 0.631. The Morgan fingerprint density at radius 1 is 1.52 bits per heavy atom. The van der Waals surface area contributed by atoms with Crippen molar-refractivity contribution >= 4 is 23.5 Å². The molecule has 1 aromatic rings. The van der Waals surface area contributed by atoms with E-state index in [9.17, 15) is 15.0 Å². The lowest BCUT2D eigenvalue weighted by Gasteiger charge is -2.22. The van der Waals surface area contributed by atoms with Crippen molar-refractivity contribution in [3.63, 3.8) is 0 Å². The highest BCUT2D eigenvalue weighted by molar-refractivity contribution is 6.29. The SMILES string of the molecule is CC(C)(C)OC(=O)NCC(O)C(O)c1nc(Cl)cnc1N. The summed E-state index contributed by atoms with van der Waals surface area (Å²) in [6.45, 7) is 4.88. The van der Waals surface area contributed by atoms with Gasteiger partial charge in [-0.2, -0.15) is 0 Å². The quantitative estimate of drug-likeness (QED) is 0.640. The highest BCUT2D eigenvalue weighted by Gasteiger charge is 2.24. The summed E-state index contributed by atoms with van der Waals surface area (Å²) >= 11 is 5.65. The summed E-state index contributed by atoms with van der Waals surface area (Å²) in [5.41, 5.74) is 4.84. The first-order valence-corrected chi connectivity index (χ1v) is 6.59. The minimum absolute atomic E-state index is 0.0329. The van der Waals surface area contributed by atoms with Crippen molar-refractivity contribution in [1.29, 1.82) is 0 Å². The van der Waals surface area contributed by atoms with Gasteiger partial charge in [0.25, 0.3) is 0 Å². The van der Waals surface area contributed by atoms with Crippen LogP contribution in [0.15, 0.2) is 6.20 Å². The summed E-state index contributed by atoms with van der Waals surface area (Å²) in [4.78, 5) is 19.0. The molecular formula is C12H19ClN4O4. The summed E-state index contributed by atoms with van der Waals surface area (Å²) in [7, 11) is 0. The molecule has 1 rings (SSSR count). The second kappa shape index (κ2) is 6.88. The van der Waals surface area contributed by atoms with Crippen molar-refractivity contribution in [1.82, 2.24) is 15.3 Å². The topological polar surface area (TPSA) is 131 Å². The third kappa shape index (κ3) is 5.70. The van der Waals surface area contributed by atoms with Gasteiger partial charge in [0.2, 0.25) is 0 Å². The number of anilines is 1. The van der Waals surface area contributed by atoms with Gasteiger partial charge in [-0.3, -0.25) is 0 Å². The summed E-state index contributed by atoms with van der Waals surface area (Å²) < 4.78 is 5.00. The van der Waals surface area contributed by atoms with Crippen LogP contribution >= 0.6 is 11.6 Å². The molecule has 0 aliphatic heterocycles. The minimum atomic E-state index is -1.44. The van der Waals surface area contributed by atoms with E-state index in [4.69, 9.17) is 22.1 Å². The molecule has 9 heteroatoms. The molecule has 118 valence electrons. The monoisotopic (exact) mass is 318 g/mol. The van der Waals surface area contributed by atoms with E-state index in [1.807, 2.05) is 0 Å². The van der Waals surface area contributed by atoms with Gasteiger partial charge in [-0.05, 0) is 20.8 Å². The zero-order valence-electron chi connectivity index (χ0n) is 12.0. The van der Waals surface area contributed by atoms with Gasteiger partial charge in [-0.25, -0.2) is 14.8 Å². The molecule has 1 heterocycles. The van der Waals surface area contributed by atoms with Crippen molar-refractivity contribution in [2.45, 2.75) is 38.6 Å². The number of aliphatic hydroxyl groups excluding tert-OH is 2. The second-order valence-electron chi connectivity index (χ2n) is 5.36. The number of alkyl carbamates (subject to hydrolysis) is 1. The Bertz CT molecular complexity index is 507. The Morgan fingerprint density at radius 2 is 2.14 bits per heavy atom. The largest absolute Gasteiger partial charge is 0.444 e. The zero-order chi connectivity index (χ0) is 16.2. The molecule has 0 bridgehead atoms. The van der Waals surface area contributed by atoms with E-state index in [-0.39, 0.29) is 23.2 Å². The molecule has 5 N–H and O–H groups in total. The Balaban J connectivity index is 2.61. The van der Waals surface area contributed by atoms with Crippen LogP contribution in [0, 0.1) is 0 Å². The third-order valence-corrected chi connectivity index (χ3v) is 2.48. The molecule has 0 aromatic carbocycles. The number of ether oxygens (including phenoxy) is 1. The molecule has 0 aliphatic carbocycles. The molecule has 0 saturated carbocycles. The third-order valence-electron chi connectivity index (χ3n) is 2.30. The number of nitrogen functional groups attached to an aromatic ring is 1. The number of carbonyl (C=O) groups is 1. The standard InChI is InChI=1S/C12H19ClN4O4/c1-12(2,3)21-11(20)16-4-6(18)9(19)8-10(14)15-5-7(13)17-8/h5-6,9,18-19H,4H2,1-3H3,(H2,14,15)(H,16,20). The molecule has 1 aromatic heterocycles. The molecule has 0 aliphatic rings. The molecule has 21 heavy (non-hydrogen) atoms. The van der Waals surface area contributed by atoms with Crippen LogP contribution in [0.1, 0.15) is 32.6 Å². The Hall–Kier alpha value is -1.64. The van der Waals surface area contributed by atoms with Crippen molar-refractivity contribution in [3.8, 4) is 0 Å². The lowest BCUT2D eigenvalue weighted by Crippen LogP contribution is -2.39. The van der Waals surface area contributed by atoms with Crippen molar-refractivity contribution in [2.24, 2.45) is 0 Å². The molecule has 8 nitrogen and oxygen atoms in total. The van der Waals surface area contributed by atoms with Gasteiger partial charge >= 0.3 is 6.09 Å². The number of aliphatic hydroxyl groups is 2. The fraction of sp³-hybridized carbons (Fsp3) is 0.583. The minimum Gasteiger partial charge on any atom is -0.444 e. The van der Waals surface area contributed by atoms with Crippen molar-refractivity contribution in [2.75, 3.05) is 12.3 Å². The Labute approximate surface area is 127 Å². The van der Waals surface area contributed by atoms with Gasteiger partial charge in [-0.1, -0.05) is 11.6 Å². The normalized spacial score (nSPS) is 14.4. The van der Waals surface area contributed by atoms with E-state index in [2.05, 4.69) is 15.3 Å². The summed E-state index contributed by atoms with van der Waals surface area (Å²) in [6, 6.07) is 0. The van der Waals surface area contributed by atoms with Crippen LogP contribution in [-0.2, 0) is 4.74 Å². The number of nitrogens with zero attached hydrogens (tertiary/aromatic N) is 2. The number of amides is 1. The van der Waals surface area contributed by atoms with Gasteiger partial charge in [0.1, 0.15) is 34.5 Å². The van der Waals surface area contributed by atoms with Gasteiger partial charge in [0.05, 0.1) is 6.20 Å². The number of nitrogens with one attached hydrogen (secondary N) is 1. The van der Waals surface area contributed by atoms with Crippen LogP contribution in [0.4, 0.5) is 10.6 Å². The molecule has 0 fully saturated rings. The molecule has 2 unspecified atom stereocenters. The van der Waals surface area contributed by atoms with E-state index >= 15 is 0 Å². The summed E-state index contributed by atoms with van der Waals surface area (Å²) in [6.07, 6.45) is -2.27. The van der Waals surface area contributed by atoms with Crippen molar-refractivity contribution in [3.05, 3.63) is 17.0 Å². The average Bonchev–Trinajstić information content (AvgIpc) is 2.36. The second-order valence-corrected chi connectivity index (χ2v) is 5.75. The van der Waals surface area contributed by atoms with Gasteiger partial charge in [0, 0.05) is 6.54 Å². The predicted molar refractivity (Wildman–Crippen MR) is 76.7 cm³/mol. The molecule has 0 spiro atoms. The summed E-state index contributed by atoms with van der Waals surface area (Å²) in [5, 5.41) is 22.2. The van der Waals surface area contributed by atoms with Crippen LogP contribution < -0.4 is 11.1 Å². The van der Waals surface area contributed by atoms with Crippen LogP contribution in [0.2, 0.25) is 5.15 Å². The number of halogens is 1. The Morgan fingerprint density at radius 3 is 2.71 bits per heavy atom. The number of hydrogen-bond acceptors (Lipinski definition) is 7. The van der Waals surface area contributed by atoms with Crippen LogP contribution in [0.5, 0.6) is 0 Å². The van der Waals surface area contributed by atoms with Crippen LogP contribution in [0.3, 0.4) is 0 Å². The zero-order valence-corrected chi connectivity index (χ0v) is 12.8. The smallest absolute Gasteiger partial charge is 0.407 e. The first-order valence-electron chi connectivity index (χ1n) is 6.21. The van der Waals surface area contributed by atoms with Crippen LogP contribution in [-0.4, -0.2) is 44.5 Å². The fourth-order valence-corrected chi connectivity index (χ4v) is 1.54. The first kappa shape index (κ1) is 17.4. The number of aromatic nitrogens is 2. The molecule has 0 saturated heterocycles. The number of rotatable bonds is 4. The lowest BCUT2D eigenvalue weighted by atomic mass is 10.1. The van der Waals surface area contributed by atoms with Gasteiger partial charge in [0.15, 0.2) is 0 Å². The van der Waals surface area contributed by atoms with E-state index < -0.39 is 23.9 Å². The number of nitrogens with two attached hydrogens (primary N) is 1. The number of hydrogen-bond donors (Lipinski definition) is 4. The summed E-state index contributed by atoms with van der Waals surface area (Å²) in [5.74, 6) is -0.0526. The highest BCUT2D eigenvalue weighted by Crippen LogP contribution is 2.21.